The third kappa shape index (κ3) is 3.11. The van der Waals surface area contributed by atoms with E-state index in [2.05, 4.69) is 10.6 Å². The van der Waals surface area contributed by atoms with E-state index in [9.17, 15) is 9.59 Å². The molecule has 1 aliphatic rings. The molecule has 1 aromatic carbocycles. The maximum absolute atomic E-state index is 11.2. The number of para-hydroxylation sites is 1. The highest BCUT2D eigenvalue weighted by Gasteiger charge is 2.24. The smallest absolute Gasteiger partial charge is 0.314 e. The van der Waals surface area contributed by atoms with E-state index < -0.39 is 12.0 Å². The van der Waals surface area contributed by atoms with Crippen LogP contribution < -0.4 is 25.8 Å². The van der Waals surface area contributed by atoms with Crippen molar-refractivity contribution >= 4 is 11.9 Å². The predicted octanol–water partition coefficient (Wildman–Crippen LogP) is 0.131. The molecule has 0 bridgehead atoms. The summed E-state index contributed by atoms with van der Waals surface area (Å²) in [4.78, 5) is 22.4. The number of amides is 3. The van der Waals surface area contributed by atoms with Crippen LogP contribution in [0, 0.1) is 0 Å². The first-order chi connectivity index (χ1) is 9.61. The molecular weight excluding hydrogens is 262 g/mol. The first-order valence-electron chi connectivity index (χ1n) is 6.28. The number of fused-ring (bicyclic) bond motifs is 1. The van der Waals surface area contributed by atoms with Gasteiger partial charge < -0.3 is 25.8 Å². The number of hydrogen-bond donors (Lipinski definition) is 3. The largest absolute Gasteiger partial charge is 0.489 e. The fraction of sp³-hybridized carbons (Fsp3) is 0.385. The van der Waals surface area contributed by atoms with Crippen LogP contribution in [0.4, 0.5) is 4.79 Å². The first-order valence-corrected chi connectivity index (χ1v) is 6.28. The van der Waals surface area contributed by atoms with Gasteiger partial charge in [0.25, 0.3) is 5.91 Å². The van der Waals surface area contributed by atoms with E-state index in [4.69, 9.17) is 15.2 Å². The molecule has 2 rings (SSSR count). The number of rotatable bonds is 3. The molecular formula is C13H17N3O4. The topological polar surface area (TPSA) is 103 Å². The summed E-state index contributed by atoms with van der Waals surface area (Å²) in [6.07, 6.45) is -0.301. The summed E-state index contributed by atoms with van der Waals surface area (Å²) in [5.41, 5.74) is 6.04. The highest BCUT2D eigenvalue weighted by atomic mass is 16.5. The van der Waals surface area contributed by atoms with Crippen LogP contribution in [0.2, 0.25) is 0 Å². The van der Waals surface area contributed by atoms with Gasteiger partial charge in [0, 0.05) is 25.6 Å². The van der Waals surface area contributed by atoms with Crippen LogP contribution in [0.3, 0.4) is 0 Å². The van der Waals surface area contributed by atoms with Crippen molar-refractivity contribution in [2.24, 2.45) is 5.73 Å². The molecule has 4 N–H and O–H groups in total. The van der Waals surface area contributed by atoms with E-state index in [-0.39, 0.29) is 6.03 Å². The SMILES string of the molecule is CNC(=O)NCc1cccc2c1OCCC(C(N)=O)O2. The van der Waals surface area contributed by atoms with Crippen molar-refractivity contribution in [3.8, 4) is 11.5 Å². The number of benzene rings is 1. The number of carbonyl (C=O) groups excluding carboxylic acids is 2. The fourth-order valence-corrected chi connectivity index (χ4v) is 1.90. The summed E-state index contributed by atoms with van der Waals surface area (Å²) in [7, 11) is 1.54. The van der Waals surface area contributed by atoms with Crippen molar-refractivity contribution in [3.63, 3.8) is 0 Å². The Morgan fingerprint density at radius 1 is 1.45 bits per heavy atom. The third-order valence-electron chi connectivity index (χ3n) is 2.94. The predicted molar refractivity (Wildman–Crippen MR) is 71.5 cm³/mol. The molecule has 1 aliphatic heterocycles. The van der Waals surface area contributed by atoms with Gasteiger partial charge in [-0.25, -0.2) is 4.79 Å². The minimum Gasteiger partial charge on any atom is -0.489 e. The van der Waals surface area contributed by atoms with Gasteiger partial charge in [0.2, 0.25) is 0 Å². The Bertz CT molecular complexity index is 518. The van der Waals surface area contributed by atoms with Crippen molar-refractivity contribution < 1.29 is 19.1 Å². The Kier molecular flexibility index (Phi) is 4.29. The molecule has 0 aromatic heterocycles. The Labute approximate surface area is 116 Å². The highest BCUT2D eigenvalue weighted by Crippen LogP contribution is 2.34. The minimum absolute atomic E-state index is 0.285. The second-order valence-corrected chi connectivity index (χ2v) is 4.32. The molecule has 108 valence electrons. The van der Waals surface area contributed by atoms with Crippen molar-refractivity contribution in [2.75, 3.05) is 13.7 Å². The molecule has 20 heavy (non-hydrogen) atoms. The lowest BCUT2D eigenvalue weighted by Gasteiger charge is -2.14. The monoisotopic (exact) mass is 279 g/mol. The number of nitrogens with one attached hydrogen (secondary N) is 2. The molecule has 1 aromatic rings. The maximum Gasteiger partial charge on any atom is 0.314 e. The van der Waals surface area contributed by atoms with E-state index in [1.54, 1.807) is 12.1 Å². The normalized spacial score (nSPS) is 16.9. The summed E-state index contributed by atoms with van der Waals surface area (Å²) in [6.45, 7) is 0.630. The van der Waals surface area contributed by atoms with E-state index >= 15 is 0 Å². The summed E-state index contributed by atoms with van der Waals surface area (Å²) in [5, 5.41) is 5.14. The van der Waals surface area contributed by atoms with Crippen LogP contribution in [0.15, 0.2) is 18.2 Å². The second-order valence-electron chi connectivity index (χ2n) is 4.32. The van der Waals surface area contributed by atoms with Crippen molar-refractivity contribution in [1.29, 1.82) is 0 Å². The van der Waals surface area contributed by atoms with Gasteiger partial charge in [-0.1, -0.05) is 12.1 Å². The molecule has 0 saturated carbocycles. The van der Waals surface area contributed by atoms with E-state index in [0.29, 0.717) is 31.1 Å². The number of carbonyl (C=O) groups is 2. The van der Waals surface area contributed by atoms with Crippen LogP contribution in [0.25, 0.3) is 0 Å². The molecule has 3 amide bonds. The zero-order chi connectivity index (χ0) is 14.5. The number of nitrogens with two attached hydrogens (primary N) is 1. The molecule has 0 saturated heterocycles. The highest BCUT2D eigenvalue weighted by molar-refractivity contribution is 5.79. The van der Waals surface area contributed by atoms with Crippen molar-refractivity contribution in [1.82, 2.24) is 10.6 Å². The van der Waals surface area contributed by atoms with Gasteiger partial charge in [-0.2, -0.15) is 0 Å². The number of primary amides is 1. The van der Waals surface area contributed by atoms with Crippen LogP contribution in [-0.2, 0) is 11.3 Å². The number of hydrogen-bond acceptors (Lipinski definition) is 4. The standard InChI is InChI=1S/C13H17N3O4/c1-15-13(18)16-7-8-3-2-4-9-11(8)19-6-5-10(20-9)12(14)17/h2-4,10H,5-7H2,1H3,(H2,14,17)(H2,15,16,18). The summed E-state index contributed by atoms with van der Waals surface area (Å²) in [5.74, 6) is 0.477. The van der Waals surface area contributed by atoms with Gasteiger partial charge in [0.1, 0.15) is 0 Å². The molecule has 0 spiro atoms. The third-order valence-corrected chi connectivity index (χ3v) is 2.94. The van der Waals surface area contributed by atoms with Crippen LogP contribution in [0.5, 0.6) is 11.5 Å². The van der Waals surface area contributed by atoms with Gasteiger partial charge in [0.05, 0.1) is 6.61 Å². The zero-order valence-corrected chi connectivity index (χ0v) is 11.1. The summed E-state index contributed by atoms with van der Waals surface area (Å²) in [6, 6.07) is 5.02. The lowest BCUT2D eigenvalue weighted by molar-refractivity contribution is -0.124. The van der Waals surface area contributed by atoms with E-state index in [0.717, 1.165) is 5.56 Å². The molecule has 7 heteroatoms. The maximum atomic E-state index is 11.2. The van der Waals surface area contributed by atoms with Crippen LogP contribution in [-0.4, -0.2) is 31.7 Å². The molecule has 1 heterocycles. The lowest BCUT2D eigenvalue weighted by atomic mass is 10.2. The van der Waals surface area contributed by atoms with Crippen molar-refractivity contribution in [2.45, 2.75) is 19.1 Å². The average Bonchev–Trinajstić information content (AvgIpc) is 2.67. The van der Waals surface area contributed by atoms with Crippen LogP contribution >= 0.6 is 0 Å². The van der Waals surface area contributed by atoms with Gasteiger partial charge in [0.15, 0.2) is 17.6 Å². The Hall–Kier alpha value is -2.44. The van der Waals surface area contributed by atoms with Gasteiger partial charge in [-0.05, 0) is 6.07 Å². The van der Waals surface area contributed by atoms with Crippen LogP contribution in [0.1, 0.15) is 12.0 Å². The van der Waals surface area contributed by atoms with Crippen molar-refractivity contribution in [3.05, 3.63) is 23.8 Å². The Morgan fingerprint density at radius 3 is 2.95 bits per heavy atom. The summed E-state index contributed by atoms with van der Waals surface area (Å²) >= 11 is 0. The molecule has 0 aliphatic carbocycles. The molecule has 7 nitrogen and oxygen atoms in total. The molecule has 1 atom stereocenters. The van der Waals surface area contributed by atoms with Gasteiger partial charge in [-0.3, -0.25) is 4.79 Å². The summed E-state index contributed by atoms with van der Waals surface area (Å²) < 4.78 is 11.2. The van der Waals surface area contributed by atoms with Gasteiger partial charge >= 0.3 is 6.03 Å². The molecule has 0 fully saturated rings. The van der Waals surface area contributed by atoms with E-state index in [1.165, 1.54) is 7.05 Å². The second kappa shape index (κ2) is 6.14. The zero-order valence-electron chi connectivity index (χ0n) is 11.1. The Balaban J connectivity index is 2.19. The number of urea groups is 1. The fourth-order valence-electron chi connectivity index (χ4n) is 1.90. The Morgan fingerprint density at radius 2 is 2.25 bits per heavy atom. The lowest BCUT2D eigenvalue weighted by Crippen LogP contribution is -2.33. The average molecular weight is 279 g/mol. The number of ether oxygens (including phenoxy) is 2. The molecule has 0 radical (unpaired) electrons. The first kappa shape index (κ1) is 14.0. The molecule has 1 unspecified atom stereocenters. The van der Waals surface area contributed by atoms with E-state index in [1.807, 2.05) is 6.07 Å². The van der Waals surface area contributed by atoms with Gasteiger partial charge in [-0.15, -0.1) is 0 Å². The minimum atomic E-state index is -0.696. The quantitative estimate of drug-likeness (QED) is 0.731.